The molecular formula is C12H16BrNO. The molecule has 1 aromatic heterocycles. The second-order valence-corrected chi connectivity index (χ2v) is 5.12. The number of hydrogen-bond donors (Lipinski definition) is 0. The van der Waals surface area contributed by atoms with Crippen LogP contribution in [-0.4, -0.2) is 11.6 Å². The van der Waals surface area contributed by atoms with Gasteiger partial charge in [0.25, 0.3) is 0 Å². The van der Waals surface area contributed by atoms with Gasteiger partial charge in [-0.1, -0.05) is 12.8 Å². The first kappa shape index (κ1) is 10.9. The summed E-state index contributed by atoms with van der Waals surface area (Å²) >= 11 is 3.47. The quantitative estimate of drug-likeness (QED) is 0.835. The first-order valence-electron chi connectivity index (χ1n) is 5.50. The molecule has 1 fully saturated rings. The van der Waals surface area contributed by atoms with Gasteiger partial charge in [0.15, 0.2) is 0 Å². The monoisotopic (exact) mass is 269 g/mol. The molecule has 0 N–H and O–H groups in total. The molecule has 1 aromatic rings. The summed E-state index contributed by atoms with van der Waals surface area (Å²) in [5.41, 5.74) is 1.15. The molecule has 0 saturated heterocycles. The van der Waals surface area contributed by atoms with E-state index < -0.39 is 0 Å². The van der Waals surface area contributed by atoms with Crippen LogP contribution in [0.2, 0.25) is 0 Å². The molecule has 0 spiro atoms. The Morgan fingerprint density at radius 2 is 2.20 bits per heavy atom. The van der Waals surface area contributed by atoms with Gasteiger partial charge < -0.3 is 4.74 Å². The molecule has 2 rings (SSSR count). The average Bonchev–Trinajstić information content (AvgIpc) is 2.69. The van der Waals surface area contributed by atoms with E-state index in [0.717, 1.165) is 28.4 Å². The van der Waals surface area contributed by atoms with Gasteiger partial charge in [-0.15, -0.1) is 0 Å². The van der Waals surface area contributed by atoms with Crippen LogP contribution in [0, 0.1) is 12.8 Å². The summed E-state index contributed by atoms with van der Waals surface area (Å²) in [6.07, 6.45) is 7.18. The number of hydrogen-bond acceptors (Lipinski definition) is 2. The van der Waals surface area contributed by atoms with Gasteiger partial charge in [-0.25, -0.2) is 4.98 Å². The molecule has 1 aliphatic rings. The molecular weight excluding hydrogens is 254 g/mol. The van der Waals surface area contributed by atoms with Crippen molar-refractivity contribution >= 4 is 15.9 Å². The summed E-state index contributed by atoms with van der Waals surface area (Å²) < 4.78 is 6.68. The predicted octanol–water partition coefficient (Wildman–Crippen LogP) is 3.72. The SMILES string of the molecule is Cc1cnc(OCC2CCCC2)c(Br)c1. The smallest absolute Gasteiger partial charge is 0.227 e. The molecule has 3 heteroatoms. The summed E-state index contributed by atoms with van der Waals surface area (Å²) in [5, 5.41) is 0. The minimum Gasteiger partial charge on any atom is -0.477 e. The molecule has 1 aliphatic carbocycles. The van der Waals surface area contributed by atoms with Crippen LogP contribution in [-0.2, 0) is 0 Å². The number of rotatable bonds is 3. The van der Waals surface area contributed by atoms with Crippen molar-refractivity contribution in [2.75, 3.05) is 6.61 Å². The molecule has 82 valence electrons. The minimum atomic E-state index is 0.729. The van der Waals surface area contributed by atoms with E-state index in [1.54, 1.807) is 0 Å². The lowest BCUT2D eigenvalue weighted by Crippen LogP contribution is -2.09. The van der Waals surface area contributed by atoms with Crippen LogP contribution in [0.15, 0.2) is 16.7 Å². The molecule has 1 heterocycles. The van der Waals surface area contributed by atoms with E-state index in [-0.39, 0.29) is 0 Å². The van der Waals surface area contributed by atoms with Gasteiger partial charge in [-0.05, 0) is 53.2 Å². The average molecular weight is 270 g/mol. The first-order valence-corrected chi connectivity index (χ1v) is 6.30. The third-order valence-electron chi connectivity index (χ3n) is 2.87. The van der Waals surface area contributed by atoms with Crippen molar-refractivity contribution in [3.63, 3.8) is 0 Å². The lowest BCUT2D eigenvalue weighted by Gasteiger charge is -2.11. The maximum Gasteiger partial charge on any atom is 0.227 e. The highest BCUT2D eigenvalue weighted by molar-refractivity contribution is 9.10. The van der Waals surface area contributed by atoms with E-state index in [9.17, 15) is 0 Å². The zero-order valence-corrected chi connectivity index (χ0v) is 10.6. The van der Waals surface area contributed by atoms with Crippen LogP contribution in [0.3, 0.4) is 0 Å². The summed E-state index contributed by atoms with van der Waals surface area (Å²) in [7, 11) is 0. The van der Waals surface area contributed by atoms with Crippen LogP contribution in [0.25, 0.3) is 0 Å². The van der Waals surface area contributed by atoms with Crippen molar-refractivity contribution in [3.05, 3.63) is 22.3 Å². The number of aromatic nitrogens is 1. The van der Waals surface area contributed by atoms with Crippen LogP contribution < -0.4 is 4.74 Å². The Balaban J connectivity index is 1.92. The Kier molecular flexibility index (Phi) is 3.62. The lowest BCUT2D eigenvalue weighted by atomic mass is 10.1. The van der Waals surface area contributed by atoms with Gasteiger partial charge in [0.1, 0.15) is 0 Å². The first-order chi connectivity index (χ1) is 7.25. The second kappa shape index (κ2) is 4.97. The highest BCUT2D eigenvalue weighted by Crippen LogP contribution is 2.27. The Morgan fingerprint density at radius 1 is 1.47 bits per heavy atom. The number of aryl methyl sites for hydroxylation is 1. The van der Waals surface area contributed by atoms with E-state index in [1.807, 2.05) is 19.2 Å². The molecule has 0 atom stereocenters. The third kappa shape index (κ3) is 2.94. The number of pyridine rings is 1. The van der Waals surface area contributed by atoms with Crippen molar-refractivity contribution in [2.24, 2.45) is 5.92 Å². The van der Waals surface area contributed by atoms with Crippen LogP contribution in [0.4, 0.5) is 0 Å². The zero-order valence-electron chi connectivity index (χ0n) is 9.00. The van der Waals surface area contributed by atoms with E-state index in [1.165, 1.54) is 25.7 Å². The Hall–Kier alpha value is -0.570. The van der Waals surface area contributed by atoms with E-state index >= 15 is 0 Å². The van der Waals surface area contributed by atoms with Crippen molar-refractivity contribution < 1.29 is 4.74 Å². The molecule has 2 nitrogen and oxygen atoms in total. The molecule has 0 aliphatic heterocycles. The van der Waals surface area contributed by atoms with E-state index in [4.69, 9.17) is 4.74 Å². The summed E-state index contributed by atoms with van der Waals surface area (Å²) in [5.74, 6) is 1.47. The Labute approximate surface area is 99.2 Å². The molecule has 0 radical (unpaired) electrons. The molecule has 0 aromatic carbocycles. The van der Waals surface area contributed by atoms with Crippen molar-refractivity contribution in [1.82, 2.24) is 4.98 Å². The van der Waals surface area contributed by atoms with Crippen molar-refractivity contribution in [1.29, 1.82) is 0 Å². The topological polar surface area (TPSA) is 22.1 Å². The molecule has 1 saturated carbocycles. The maximum absolute atomic E-state index is 5.72. The van der Waals surface area contributed by atoms with Gasteiger partial charge >= 0.3 is 0 Å². The van der Waals surface area contributed by atoms with Gasteiger partial charge in [-0.2, -0.15) is 0 Å². The standard InChI is InChI=1S/C12H16BrNO/c1-9-6-11(13)12(14-7-9)15-8-10-4-2-3-5-10/h6-7,10H,2-5,8H2,1H3. The van der Waals surface area contributed by atoms with Crippen LogP contribution in [0.5, 0.6) is 5.88 Å². The predicted molar refractivity (Wildman–Crippen MR) is 64.1 cm³/mol. The van der Waals surface area contributed by atoms with Gasteiger partial charge in [0, 0.05) is 6.20 Å². The molecule has 0 bridgehead atoms. The number of ether oxygens (including phenoxy) is 1. The highest BCUT2D eigenvalue weighted by Gasteiger charge is 2.16. The minimum absolute atomic E-state index is 0.729. The van der Waals surface area contributed by atoms with Crippen LogP contribution in [0.1, 0.15) is 31.2 Å². The van der Waals surface area contributed by atoms with E-state index in [0.29, 0.717) is 0 Å². The zero-order chi connectivity index (χ0) is 10.7. The summed E-state index contributed by atoms with van der Waals surface area (Å²) in [6.45, 7) is 2.84. The fraction of sp³-hybridized carbons (Fsp3) is 0.583. The van der Waals surface area contributed by atoms with Gasteiger partial charge in [-0.3, -0.25) is 0 Å². The molecule has 0 amide bonds. The van der Waals surface area contributed by atoms with Crippen molar-refractivity contribution in [3.8, 4) is 5.88 Å². The number of nitrogens with zero attached hydrogens (tertiary/aromatic N) is 1. The second-order valence-electron chi connectivity index (χ2n) is 4.26. The highest BCUT2D eigenvalue weighted by atomic mass is 79.9. The number of halogens is 1. The fourth-order valence-electron chi connectivity index (χ4n) is 2.00. The van der Waals surface area contributed by atoms with Gasteiger partial charge in [0.2, 0.25) is 5.88 Å². The Bertz CT molecular complexity index is 334. The molecule has 0 unspecified atom stereocenters. The van der Waals surface area contributed by atoms with Crippen LogP contribution >= 0.6 is 15.9 Å². The van der Waals surface area contributed by atoms with E-state index in [2.05, 4.69) is 20.9 Å². The summed E-state index contributed by atoms with van der Waals surface area (Å²) in [6, 6.07) is 2.04. The third-order valence-corrected chi connectivity index (χ3v) is 3.44. The van der Waals surface area contributed by atoms with Gasteiger partial charge in [0.05, 0.1) is 11.1 Å². The lowest BCUT2D eigenvalue weighted by molar-refractivity contribution is 0.242. The normalized spacial score (nSPS) is 16.9. The largest absolute Gasteiger partial charge is 0.477 e. The Morgan fingerprint density at radius 3 is 2.87 bits per heavy atom. The fourth-order valence-corrected chi connectivity index (χ4v) is 2.58. The maximum atomic E-state index is 5.72. The van der Waals surface area contributed by atoms with Crippen molar-refractivity contribution in [2.45, 2.75) is 32.6 Å². The summed E-state index contributed by atoms with van der Waals surface area (Å²) in [4.78, 5) is 4.27. The molecule has 15 heavy (non-hydrogen) atoms.